The molecule has 678 valence electrons. The first kappa shape index (κ1) is 103. The Hall–Kier alpha value is -12.7. The lowest BCUT2D eigenvalue weighted by Gasteiger charge is -2.31. The number of hydrogen-bond acceptors (Lipinski definition) is 31. The molecule has 11 aromatic rings. The molecule has 0 aliphatic carbocycles. The van der Waals surface area contributed by atoms with Gasteiger partial charge in [0.25, 0.3) is 11.4 Å². The number of imidazole rings is 2. The molecule has 0 atom stereocenters. The number of likely N-dealkylation sites (tertiary alicyclic amines) is 4. The van der Waals surface area contributed by atoms with Crippen LogP contribution in [0.15, 0.2) is 133 Å². The van der Waals surface area contributed by atoms with Crippen LogP contribution in [0.25, 0.3) is 42.5 Å². The number of aromatic nitrogens is 6. The molecule has 42 heteroatoms. The Balaban J connectivity index is 0.000000244. The number of aryl methyl sites for hydroxylation is 4. The van der Waals surface area contributed by atoms with Crippen LogP contribution in [-0.2, 0) is 73.6 Å². The van der Waals surface area contributed by atoms with Gasteiger partial charge in [-0.2, -0.15) is 47.9 Å². The zero-order valence-electron chi connectivity index (χ0n) is 70.6. The molecule has 33 nitrogen and oxygen atoms in total. The highest BCUT2D eigenvalue weighted by atomic mass is 35.5. The van der Waals surface area contributed by atoms with Crippen LogP contribution in [0.3, 0.4) is 0 Å². The number of halogens is 7. The normalized spacial score (nSPS) is 14.4. The number of carbonyl (C=O) groups excluding carboxylic acids is 10. The fraction of sp³-hybridized carbons (Fsp3) is 0.400. The van der Waals surface area contributed by atoms with Crippen molar-refractivity contribution in [3.05, 3.63) is 181 Å². The molecule has 4 aromatic heterocycles. The Bertz CT molecular complexity index is 5490. The van der Waals surface area contributed by atoms with Crippen molar-refractivity contribution in [1.82, 2.24) is 48.7 Å². The largest absolute Gasteiger partial charge is 0.573 e. The molecule has 127 heavy (non-hydrogen) atoms. The Kier molecular flexibility index (Phi) is 41.9. The summed E-state index contributed by atoms with van der Waals surface area (Å²) >= 11 is 8.15. The monoisotopic (exact) mass is 1820 g/mol. The van der Waals surface area contributed by atoms with Gasteiger partial charge in [0, 0.05) is 48.4 Å². The number of fused-ring (bicyclic) bond motifs is 4. The second-order valence-electron chi connectivity index (χ2n) is 29.0. The minimum Gasteiger partial charge on any atom is -0.406 e. The van der Waals surface area contributed by atoms with Crippen molar-refractivity contribution in [2.24, 2.45) is 0 Å². The molecule has 0 saturated carbocycles. The number of ether oxygens (including phenoxy) is 2. The maximum Gasteiger partial charge on any atom is 0.573 e. The predicted octanol–water partition coefficient (Wildman–Crippen LogP) is 16.6. The second-order valence-corrected chi connectivity index (χ2v) is 31.5. The van der Waals surface area contributed by atoms with Gasteiger partial charge in [0.05, 0.1) is 63.7 Å². The van der Waals surface area contributed by atoms with Gasteiger partial charge >= 0.3 is 43.5 Å². The van der Waals surface area contributed by atoms with Crippen LogP contribution in [0, 0.1) is 20.2 Å². The topological polar surface area (TPSA) is 424 Å². The van der Waals surface area contributed by atoms with E-state index in [0.717, 1.165) is 148 Å². The van der Waals surface area contributed by atoms with Gasteiger partial charge < -0.3 is 65.2 Å². The first-order valence-electron chi connectivity index (χ1n) is 39.8. The predicted molar refractivity (Wildman–Crippen MR) is 463 cm³/mol. The number of hydrogen-bond donors (Lipinski definition) is 5. The van der Waals surface area contributed by atoms with Crippen LogP contribution in [0.4, 0.5) is 76.9 Å². The van der Waals surface area contributed by atoms with E-state index in [0.29, 0.717) is 72.4 Å². The number of alkyl halides is 6. The molecule has 0 radical (unpaired) electrons. The lowest BCUT2D eigenvalue weighted by Crippen LogP contribution is -2.36. The second kappa shape index (κ2) is 51.6. The van der Waals surface area contributed by atoms with Crippen molar-refractivity contribution in [3.8, 4) is 11.5 Å². The number of nitro benzene ring substituents is 2. The van der Waals surface area contributed by atoms with Crippen molar-refractivity contribution in [2.75, 3.05) is 108 Å². The Labute approximate surface area is 738 Å². The fourth-order valence-corrected chi connectivity index (χ4v) is 16.0. The summed E-state index contributed by atoms with van der Waals surface area (Å²) < 4.78 is 89.0. The quantitative estimate of drug-likeness (QED) is 0.0230. The number of anilines is 7. The van der Waals surface area contributed by atoms with Gasteiger partial charge in [-0.05, 0) is 253 Å². The van der Waals surface area contributed by atoms with Gasteiger partial charge in [-0.1, -0.05) is 98.4 Å². The minimum atomic E-state index is -4.73. The summed E-state index contributed by atoms with van der Waals surface area (Å²) in [5, 5.41) is 36.5. The zero-order valence-corrected chi connectivity index (χ0v) is 73.0. The van der Waals surface area contributed by atoms with E-state index in [1.165, 1.54) is 102 Å². The van der Waals surface area contributed by atoms with Crippen LogP contribution in [0.5, 0.6) is 11.5 Å². The smallest absolute Gasteiger partial charge is 0.406 e. The molecule has 0 unspecified atom stereocenters. The maximum absolute atomic E-state index is 12.6. The number of nitrogens with one attached hydrogen (secondary N) is 4. The first-order valence-corrected chi connectivity index (χ1v) is 41.8. The van der Waals surface area contributed by atoms with Gasteiger partial charge in [-0.3, -0.25) is 20.2 Å². The van der Waals surface area contributed by atoms with Gasteiger partial charge in [-0.25, -0.2) is 19.9 Å². The molecule has 6 N–H and O–H groups in total. The van der Waals surface area contributed by atoms with Gasteiger partial charge in [0.2, 0.25) is 11.9 Å². The van der Waals surface area contributed by atoms with E-state index in [-0.39, 0.29) is 63.6 Å². The molecular weight excluding hydrogens is 1730 g/mol. The molecule has 7 aromatic carbocycles. The number of rotatable bonds is 18. The molecule has 4 aliphatic heterocycles. The standard InChI is InChI=1S/C23H24F3N5OS.C21H20F3N5OS.C14H21N3O2.C14H23N3.C8H8ClNO2.5CO2/c1-3-14-4-7-19-18(12-14)27-21(31(19)15-8-10-30(2)11-9-15)29-22-28-17-6-5-16(13-20(17)33-22)32-23(24,25)26;1-28-10-8-13(9-11-28)29-17-5-3-2-4-15(17)25-19(29)27-20-26-16-7-6-14(12-18(16)31-20)30-21(22,23)24;1-3-11-4-5-13(14(10-11)17(18)19)15-12-6-8-16(2)9-7-12;1-3-11-4-5-14(13(15)10-11)16-12-6-8-17(2)9-7-12;1-2-6-3-4-7(9)8(5-6)10(11)12;5*2-1-3/h4-7,12-13,15H,3,8-11H2,1-2H3,(H,27,28,29);2-7,12-13H,8-11H2,1H3,(H,25,26,27);4-5,10,12,15H,3,6-9H2,1-2H3;4-5,10,12,16H,3,6-9,15H2,1-2H3;3-5H,2H2,1H3;;;;;. The fourth-order valence-electron chi connectivity index (χ4n) is 14.0. The molecule has 15 rings (SSSR count). The van der Waals surface area contributed by atoms with Crippen molar-refractivity contribution in [1.29, 1.82) is 0 Å². The number of piperidine rings is 4. The van der Waals surface area contributed by atoms with Crippen molar-refractivity contribution < 1.29 is 93.6 Å². The highest BCUT2D eigenvalue weighted by Gasteiger charge is 2.34. The average Bonchev–Trinajstić information content (AvgIpc) is 1.63. The van der Waals surface area contributed by atoms with Crippen molar-refractivity contribution in [2.45, 2.75) is 142 Å². The van der Waals surface area contributed by atoms with E-state index >= 15 is 0 Å². The third kappa shape index (κ3) is 33.0. The van der Waals surface area contributed by atoms with Crippen LogP contribution in [0.1, 0.15) is 113 Å². The van der Waals surface area contributed by atoms with Crippen molar-refractivity contribution in [3.63, 3.8) is 0 Å². The molecule has 0 spiro atoms. The van der Waals surface area contributed by atoms with E-state index in [1.54, 1.807) is 18.2 Å². The Morgan fingerprint density at radius 1 is 0.441 bits per heavy atom. The first-order chi connectivity index (χ1) is 60.6. The summed E-state index contributed by atoms with van der Waals surface area (Å²) in [7, 11) is 8.54. The molecule has 4 fully saturated rings. The molecule has 0 bridgehead atoms. The average molecular weight is 1830 g/mol. The lowest BCUT2D eigenvalue weighted by atomic mass is 10.0. The van der Waals surface area contributed by atoms with E-state index in [2.05, 4.69) is 154 Å². The van der Waals surface area contributed by atoms with Gasteiger partial charge in [0.15, 0.2) is 10.3 Å². The van der Waals surface area contributed by atoms with E-state index < -0.39 is 17.6 Å². The van der Waals surface area contributed by atoms with E-state index in [4.69, 9.17) is 75.2 Å². The number of nitrogens with zero attached hydrogens (tertiary/aromatic N) is 12. The summed E-state index contributed by atoms with van der Waals surface area (Å²) in [6.07, 6.45) is 3.89. The Morgan fingerprint density at radius 3 is 1.19 bits per heavy atom. The number of benzene rings is 7. The number of nitro groups is 2. The summed E-state index contributed by atoms with van der Waals surface area (Å²) in [6, 6.07) is 40.9. The molecule has 4 saturated heterocycles. The third-order valence-corrected chi connectivity index (χ3v) is 22.6. The molecule has 0 amide bonds. The number of nitrogens with two attached hydrogens (primary N) is 1. The van der Waals surface area contributed by atoms with Gasteiger partial charge in [0.1, 0.15) is 22.2 Å². The highest BCUT2D eigenvalue weighted by molar-refractivity contribution is 7.22. The van der Waals surface area contributed by atoms with E-state index in [1.807, 2.05) is 44.2 Å². The van der Waals surface area contributed by atoms with E-state index in [9.17, 15) is 46.6 Å². The van der Waals surface area contributed by atoms with Crippen LogP contribution >= 0.6 is 34.3 Å². The number of para-hydroxylation sites is 2. The van der Waals surface area contributed by atoms with Crippen LogP contribution in [-0.4, -0.2) is 195 Å². The maximum atomic E-state index is 12.6. The molecular formula is C85H96ClF6N17O16S2. The molecule has 4 aliphatic rings. The lowest BCUT2D eigenvalue weighted by molar-refractivity contribution is -0.384. The SMILES string of the molecule is CCc1ccc(Cl)c([N+](=O)[O-])c1.CCc1ccc(NC2CCN(C)CC2)c(N)c1.CCc1ccc(NC2CCN(C)CC2)c([N+](=O)[O-])c1.CCc1ccc2c(c1)nc(Nc1nc3ccc(OC(F)(F)F)cc3s1)n2C1CCN(C)CC1.CN1CCC(n2c(Nc3nc4ccc(OC(F)(F)F)cc4s3)nc3ccccc32)CC1.O=C=O.O=C=O.O=C=O.O=C=O.O=C=O. The third-order valence-electron chi connectivity index (χ3n) is 20.5. The van der Waals surface area contributed by atoms with Crippen LogP contribution in [0.2, 0.25) is 5.02 Å². The number of thiazole rings is 2. The minimum absolute atomic E-state index is 0.0176. The highest BCUT2D eigenvalue weighted by Crippen LogP contribution is 2.40. The van der Waals surface area contributed by atoms with Crippen LogP contribution < -0.4 is 36.5 Å². The van der Waals surface area contributed by atoms with Crippen molar-refractivity contribution >= 4 is 158 Å². The summed E-state index contributed by atoms with van der Waals surface area (Å²) in [5.41, 5.74) is 18.5. The molecule has 8 heterocycles. The zero-order chi connectivity index (χ0) is 93.5. The number of nitrogen functional groups attached to an aromatic ring is 1. The summed E-state index contributed by atoms with van der Waals surface area (Å²) in [4.78, 5) is 130. The summed E-state index contributed by atoms with van der Waals surface area (Å²) in [6.45, 7) is 16.7. The summed E-state index contributed by atoms with van der Waals surface area (Å²) in [5.74, 6) is 0.893. The van der Waals surface area contributed by atoms with Gasteiger partial charge in [-0.15, -0.1) is 26.3 Å². The Morgan fingerprint density at radius 2 is 0.787 bits per heavy atom.